The SMILES string of the molecule is CNC(CCN(C)C(C)C(C)C)c1ccc(Br)cc1Cl. The molecule has 0 radical (unpaired) electrons. The summed E-state index contributed by atoms with van der Waals surface area (Å²) in [6, 6.07) is 6.98. The van der Waals surface area contributed by atoms with Crippen LogP contribution in [-0.4, -0.2) is 31.6 Å². The van der Waals surface area contributed by atoms with Gasteiger partial charge in [-0.25, -0.2) is 0 Å². The molecule has 1 aromatic carbocycles. The smallest absolute Gasteiger partial charge is 0.0465 e. The van der Waals surface area contributed by atoms with Gasteiger partial charge in [0.1, 0.15) is 0 Å². The molecule has 1 aromatic rings. The maximum absolute atomic E-state index is 6.35. The van der Waals surface area contributed by atoms with Crippen molar-refractivity contribution in [3.63, 3.8) is 0 Å². The van der Waals surface area contributed by atoms with Gasteiger partial charge in [-0.3, -0.25) is 0 Å². The zero-order valence-electron chi connectivity index (χ0n) is 13.1. The average Bonchev–Trinajstić information content (AvgIpc) is 2.39. The van der Waals surface area contributed by atoms with E-state index >= 15 is 0 Å². The molecule has 114 valence electrons. The highest BCUT2D eigenvalue weighted by Gasteiger charge is 2.17. The van der Waals surface area contributed by atoms with E-state index in [1.807, 2.05) is 19.2 Å². The van der Waals surface area contributed by atoms with E-state index in [9.17, 15) is 0 Å². The van der Waals surface area contributed by atoms with Crippen molar-refractivity contribution in [2.24, 2.45) is 5.92 Å². The fourth-order valence-corrected chi connectivity index (χ4v) is 3.09. The molecule has 1 N–H and O–H groups in total. The molecule has 0 aliphatic heterocycles. The van der Waals surface area contributed by atoms with Gasteiger partial charge in [-0.2, -0.15) is 0 Å². The maximum Gasteiger partial charge on any atom is 0.0465 e. The van der Waals surface area contributed by atoms with Crippen molar-refractivity contribution in [3.05, 3.63) is 33.3 Å². The van der Waals surface area contributed by atoms with Crippen molar-refractivity contribution in [1.29, 1.82) is 0 Å². The molecule has 2 nitrogen and oxygen atoms in total. The summed E-state index contributed by atoms with van der Waals surface area (Å²) in [5.41, 5.74) is 1.17. The van der Waals surface area contributed by atoms with E-state index in [0.29, 0.717) is 12.0 Å². The van der Waals surface area contributed by atoms with E-state index in [2.05, 4.69) is 60.0 Å². The van der Waals surface area contributed by atoms with Gasteiger partial charge >= 0.3 is 0 Å². The lowest BCUT2D eigenvalue weighted by atomic mass is 10.0. The molecule has 0 fully saturated rings. The largest absolute Gasteiger partial charge is 0.313 e. The predicted molar refractivity (Wildman–Crippen MR) is 92.5 cm³/mol. The number of halogens is 2. The van der Waals surface area contributed by atoms with E-state index < -0.39 is 0 Å². The summed E-state index contributed by atoms with van der Waals surface area (Å²) in [5.74, 6) is 0.671. The molecule has 1 rings (SSSR count). The van der Waals surface area contributed by atoms with Gasteiger partial charge in [0, 0.05) is 21.6 Å². The van der Waals surface area contributed by atoms with Crippen LogP contribution in [0.15, 0.2) is 22.7 Å². The van der Waals surface area contributed by atoms with Crippen molar-refractivity contribution in [2.45, 2.75) is 39.3 Å². The zero-order chi connectivity index (χ0) is 15.3. The molecular formula is C16H26BrClN2. The second-order valence-electron chi connectivity index (χ2n) is 5.76. The minimum atomic E-state index is 0.289. The normalized spacial score (nSPS) is 14.8. The molecule has 0 spiro atoms. The van der Waals surface area contributed by atoms with Crippen LogP contribution in [0.4, 0.5) is 0 Å². The molecule has 2 unspecified atom stereocenters. The van der Waals surface area contributed by atoms with Gasteiger partial charge in [0.2, 0.25) is 0 Å². The molecule has 0 aliphatic rings. The van der Waals surface area contributed by atoms with Gasteiger partial charge in [-0.15, -0.1) is 0 Å². The molecular weight excluding hydrogens is 336 g/mol. The van der Waals surface area contributed by atoms with Crippen molar-refractivity contribution in [2.75, 3.05) is 20.6 Å². The minimum Gasteiger partial charge on any atom is -0.313 e. The number of hydrogen-bond acceptors (Lipinski definition) is 2. The number of nitrogens with one attached hydrogen (secondary N) is 1. The highest BCUT2D eigenvalue weighted by molar-refractivity contribution is 9.10. The van der Waals surface area contributed by atoms with E-state index in [4.69, 9.17) is 11.6 Å². The Morgan fingerprint density at radius 1 is 1.30 bits per heavy atom. The Bertz CT molecular complexity index is 423. The van der Waals surface area contributed by atoms with Crippen molar-refractivity contribution in [3.8, 4) is 0 Å². The summed E-state index contributed by atoms with van der Waals surface area (Å²) in [4.78, 5) is 2.42. The summed E-state index contributed by atoms with van der Waals surface area (Å²) in [6.45, 7) is 7.87. The van der Waals surface area contributed by atoms with E-state index in [1.54, 1.807) is 0 Å². The Labute approximate surface area is 137 Å². The molecule has 0 bridgehead atoms. The first-order valence-corrected chi connectivity index (χ1v) is 8.36. The summed E-state index contributed by atoms with van der Waals surface area (Å²) in [6.07, 6.45) is 1.05. The van der Waals surface area contributed by atoms with Crippen LogP contribution in [-0.2, 0) is 0 Å². The first kappa shape index (κ1) is 18.0. The quantitative estimate of drug-likeness (QED) is 0.755. The first-order chi connectivity index (χ1) is 9.36. The van der Waals surface area contributed by atoms with Crippen LogP contribution in [0.25, 0.3) is 0 Å². The average molecular weight is 362 g/mol. The summed E-state index contributed by atoms with van der Waals surface area (Å²) < 4.78 is 1.02. The second kappa shape index (κ2) is 8.38. The third kappa shape index (κ3) is 5.03. The van der Waals surface area contributed by atoms with Gasteiger partial charge in [0.25, 0.3) is 0 Å². The lowest BCUT2D eigenvalue weighted by Gasteiger charge is -2.29. The fourth-order valence-electron chi connectivity index (χ4n) is 2.28. The van der Waals surface area contributed by atoms with Crippen LogP contribution >= 0.6 is 27.5 Å². The molecule has 0 saturated carbocycles. The van der Waals surface area contributed by atoms with E-state index in [-0.39, 0.29) is 6.04 Å². The summed E-state index contributed by atoms with van der Waals surface area (Å²) >= 11 is 9.80. The van der Waals surface area contributed by atoms with Crippen LogP contribution in [0.5, 0.6) is 0 Å². The first-order valence-electron chi connectivity index (χ1n) is 7.19. The highest BCUT2D eigenvalue weighted by atomic mass is 79.9. The number of hydrogen-bond donors (Lipinski definition) is 1. The van der Waals surface area contributed by atoms with Crippen LogP contribution < -0.4 is 5.32 Å². The van der Waals surface area contributed by atoms with Crippen LogP contribution in [0, 0.1) is 5.92 Å². The van der Waals surface area contributed by atoms with Gasteiger partial charge in [0.05, 0.1) is 0 Å². The monoisotopic (exact) mass is 360 g/mol. The van der Waals surface area contributed by atoms with Gasteiger partial charge < -0.3 is 10.2 Å². The Kier molecular flexibility index (Phi) is 7.52. The third-order valence-corrected chi connectivity index (χ3v) is 4.94. The second-order valence-corrected chi connectivity index (χ2v) is 7.08. The topological polar surface area (TPSA) is 15.3 Å². The Balaban J connectivity index is 2.68. The molecule has 0 aromatic heterocycles. The summed E-state index contributed by atoms with van der Waals surface area (Å²) in [5, 5.41) is 4.19. The summed E-state index contributed by atoms with van der Waals surface area (Å²) in [7, 11) is 4.19. The van der Waals surface area contributed by atoms with E-state index in [1.165, 1.54) is 5.56 Å². The van der Waals surface area contributed by atoms with Crippen molar-refractivity contribution >= 4 is 27.5 Å². The lowest BCUT2D eigenvalue weighted by Crippen LogP contribution is -2.35. The Morgan fingerprint density at radius 3 is 2.45 bits per heavy atom. The molecule has 0 amide bonds. The highest BCUT2D eigenvalue weighted by Crippen LogP contribution is 2.28. The Morgan fingerprint density at radius 2 is 1.95 bits per heavy atom. The standard InChI is InChI=1S/C16H26BrClN2/c1-11(2)12(3)20(5)9-8-16(19-4)14-7-6-13(17)10-15(14)18/h6-7,10-12,16,19H,8-9H2,1-5H3. The van der Waals surface area contributed by atoms with Gasteiger partial charge in [-0.05, 0) is 57.6 Å². The molecule has 4 heteroatoms. The predicted octanol–water partition coefficient (Wildman–Crippen LogP) is 4.73. The van der Waals surface area contributed by atoms with Gasteiger partial charge in [0.15, 0.2) is 0 Å². The molecule has 0 heterocycles. The molecule has 2 atom stereocenters. The zero-order valence-corrected chi connectivity index (χ0v) is 15.4. The third-order valence-electron chi connectivity index (χ3n) is 4.12. The number of rotatable bonds is 7. The Hall–Kier alpha value is -0.0900. The van der Waals surface area contributed by atoms with Crippen molar-refractivity contribution < 1.29 is 0 Å². The van der Waals surface area contributed by atoms with Crippen molar-refractivity contribution in [1.82, 2.24) is 10.2 Å². The molecule has 0 saturated heterocycles. The van der Waals surface area contributed by atoms with Gasteiger partial charge in [-0.1, -0.05) is 47.4 Å². The van der Waals surface area contributed by atoms with Crippen LogP contribution in [0.1, 0.15) is 38.8 Å². The fraction of sp³-hybridized carbons (Fsp3) is 0.625. The lowest BCUT2D eigenvalue weighted by molar-refractivity contribution is 0.199. The molecule has 0 aliphatic carbocycles. The number of benzene rings is 1. The number of nitrogens with zero attached hydrogens (tertiary/aromatic N) is 1. The maximum atomic E-state index is 6.35. The molecule has 20 heavy (non-hydrogen) atoms. The minimum absolute atomic E-state index is 0.289. The van der Waals surface area contributed by atoms with Crippen LogP contribution in [0.3, 0.4) is 0 Å². The van der Waals surface area contributed by atoms with E-state index in [0.717, 1.165) is 22.5 Å². The van der Waals surface area contributed by atoms with Crippen LogP contribution in [0.2, 0.25) is 5.02 Å².